The van der Waals surface area contributed by atoms with E-state index in [0.29, 0.717) is 4.47 Å². The Labute approximate surface area is 137 Å². The van der Waals surface area contributed by atoms with Crippen LogP contribution in [0.5, 0.6) is 0 Å². The summed E-state index contributed by atoms with van der Waals surface area (Å²) in [6.45, 7) is 0. The van der Waals surface area contributed by atoms with E-state index in [1.54, 1.807) is 12.1 Å². The average molecular weight is 397 g/mol. The summed E-state index contributed by atoms with van der Waals surface area (Å²) in [5.74, 6) is 0. The lowest BCUT2D eigenvalue weighted by Crippen LogP contribution is -2.33. The minimum Gasteiger partial charge on any atom is -0.421 e. The van der Waals surface area contributed by atoms with Crippen LogP contribution in [0.4, 0.5) is 0 Å². The Hall–Kier alpha value is -2.39. The van der Waals surface area contributed by atoms with E-state index in [1.807, 2.05) is 0 Å². The number of halogens is 1. The van der Waals surface area contributed by atoms with Crippen molar-refractivity contribution in [3.05, 3.63) is 67.8 Å². The van der Waals surface area contributed by atoms with Gasteiger partial charge >= 0.3 is 5.69 Å². The molecule has 2 aromatic carbocycles. The number of H-pyrrole nitrogens is 1. The predicted octanol–water partition coefficient (Wildman–Crippen LogP) is 1.52. The molecule has 3 aromatic rings. The Morgan fingerprint density at radius 2 is 1.70 bits per heavy atom. The maximum atomic E-state index is 12.8. The van der Waals surface area contributed by atoms with E-state index >= 15 is 0 Å². The molecule has 0 bridgehead atoms. The van der Waals surface area contributed by atoms with E-state index in [0.717, 1.165) is 0 Å². The summed E-state index contributed by atoms with van der Waals surface area (Å²) in [5, 5.41) is 9.25. The predicted molar refractivity (Wildman–Crippen MR) is 85.6 cm³/mol. The quantitative estimate of drug-likeness (QED) is 0.638. The molecule has 0 fully saturated rings. The van der Waals surface area contributed by atoms with Gasteiger partial charge < -0.3 is 10.2 Å². The number of nitrogens with zero attached hydrogens (tertiary/aromatic N) is 1. The molecule has 1 heterocycles. The first-order valence-corrected chi connectivity index (χ1v) is 8.58. The Morgan fingerprint density at radius 1 is 1.04 bits per heavy atom. The van der Waals surface area contributed by atoms with Crippen LogP contribution >= 0.6 is 15.9 Å². The minimum absolute atomic E-state index is 0.0160. The van der Waals surface area contributed by atoms with Gasteiger partial charge in [-0.25, -0.2) is 13.2 Å². The van der Waals surface area contributed by atoms with Crippen molar-refractivity contribution in [2.24, 2.45) is 0 Å². The van der Waals surface area contributed by atoms with Crippen LogP contribution < -0.4 is 11.2 Å². The first-order valence-electron chi connectivity index (χ1n) is 6.30. The number of aromatic amines is 1. The zero-order valence-electron chi connectivity index (χ0n) is 11.4. The molecule has 0 radical (unpaired) electrons. The van der Waals surface area contributed by atoms with E-state index in [9.17, 15) is 23.2 Å². The highest BCUT2D eigenvalue weighted by molar-refractivity contribution is 9.10. The van der Waals surface area contributed by atoms with Crippen molar-refractivity contribution in [1.82, 2.24) is 9.71 Å². The number of hydrogen-bond acceptors (Lipinski definition) is 5. The third kappa shape index (κ3) is 2.47. The lowest BCUT2D eigenvalue weighted by Gasteiger charge is -2.08. The fraction of sp³-hybridized carbons (Fsp3) is 0. The van der Waals surface area contributed by atoms with Crippen LogP contribution in [0.1, 0.15) is 0 Å². The highest BCUT2D eigenvalue weighted by atomic mass is 79.9. The fourth-order valence-corrected chi connectivity index (χ4v) is 3.87. The second-order valence-electron chi connectivity index (χ2n) is 4.68. The molecule has 0 saturated heterocycles. The SMILES string of the molecule is O=c1[nH]c2c(S(=O)(=O)c3ccc(Br)cc3)cccc2c(=O)n1O. The van der Waals surface area contributed by atoms with E-state index < -0.39 is 21.1 Å². The topological polar surface area (TPSA) is 109 Å². The van der Waals surface area contributed by atoms with E-state index in [2.05, 4.69) is 20.9 Å². The summed E-state index contributed by atoms with van der Waals surface area (Å²) in [7, 11) is -3.95. The molecule has 0 amide bonds. The monoisotopic (exact) mass is 396 g/mol. The molecular weight excluding hydrogens is 388 g/mol. The van der Waals surface area contributed by atoms with E-state index in [1.165, 1.54) is 30.3 Å². The second kappa shape index (κ2) is 5.36. The summed E-state index contributed by atoms with van der Waals surface area (Å²) in [4.78, 5) is 25.5. The van der Waals surface area contributed by atoms with Crippen LogP contribution in [0.15, 0.2) is 66.3 Å². The lowest BCUT2D eigenvalue weighted by molar-refractivity contribution is 0.162. The van der Waals surface area contributed by atoms with Gasteiger partial charge in [-0.3, -0.25) is 4.79 Å². The van der Waals surface area contributed by atoms with Gasteiger partial charge in [-0.05, 0) is 36.4 Å². The van der Waals surface area contributed by atoms with Gasteiger partial charge in [-0.1, -0.05) is 26.7 Å². The van der Waals surface area contributed by atoms with Crippen molar-refractivity contribution in [1.29, 1.82) is 0 Å². The summed E-state index contributed by atoms with van der Waals surface area (Å²) in [6, 6.07) is 9.93. The van der Waals surface area contributed by atoms with E-state index in [-0.39, 0.29) is 25.4 Å². The Bertz CT molecular complexity index is 1130. The van der Waals surface area contributed by atoms with Gasteiger partial charge in [-0.2, -0.15) is 0 Å². The van der Waals surface area contributed by atoms with Crippen LogP contribution in [0.2, 0.25) is 0 Å². The molecule has 0 spiro atoms. The first-order chi connectivity index (χ1) is 10.8. The Balaban J connectivity index is 2.39. The lowest BCUT2D eigenvalue weighted by atomic mass is 10.2. The highest BCUT2D eigenvalue weighted by Gasteiger charge is 2.22. The Morgan fingerprint density at radius 3 is 2.35 bits per heavy atom. The number of nitrogens with one attached hydrogen (secondary N) is 1. The molecular formula is C14H9BrN2O5S. The maximum absolute atomic E-state index is 12.8. The molecule has 0 aliphatic carbocycles. The van der Waals surface area contributed by atoms with Gasteiger partial charge in [0.15, 0.2) is 0 Å². The van der Waals surface area contributed by atoms with Gasteiger partial charge in [0, 0.05) is 4.47 Å². The highest BCUT2D eigenvalue weighted by Crippen LogP contribution is 2.26. The van der Waals surface area contributed by atoms with Crippen molar-refractivity contribution in [3.8, 4) is 0 Å². The van der Waals surface area contributed by atoms with Gasteiger partial charge in [0.05, 0.1) is 20.7 Å². The number of aromatic nitrogens is 2. The third-order valence-electron chi connectivity index (χ3n) is 3.29. The molecule has 9 heteroatoms. The number of fused-ring (bicyclic) bond motifs is 1. The third-order valence-corrected chi connectivity index (χ3v) is 5.63. The zero-order chi connectivity index (χ0) is 16.8. The molecule has 1 aromatic heterocycles. The van der Waals surface area contributed by atoms with E-state index in [4.69, 9.17) is 0 Å². The van der Waals surface area contributed by atoms with Crippen molar-refractivity contribution < 1.29 is 13.6 Å². The summed E-state index contributed by atoms with van der Waals surface area (Å²) >= 11 is 3.22. The molecule has 0 aliphatic rings. The van der Waals surface area contributed by atoms with Crippen molar-refractivity contribution >= 4 is 36.7 Å². The number of rotatable bonds is 2. The average Bonchev–Trinajstić information content (AvgIpc) is 2.52. The van der Waals surface area contributed by atoms with Gasteiger partial charge in [-0.15, -0.1) is 0 Å². The molecule has 0 atom stereocenters. The van der Waals surface area contributed by atoms with Crippen molar-refractivity contribution in [3.63, 3.8) is 0 Å². The number of hydrogen-bond donors (Lipinski definition) is 2. The standard InChI is InChI=1S/C14H9BrN2O5S/c15-8-4-6-9(7-5-8)23(21,22)11-3-1-2-10-12(11)16-14(19)17(20)13(10)18/h1-7,20H,(H,16,19). The van der Waals surface area contributed by atoms with Gasteiger partial charge in [0.1, 0.15) is 0 Å². The first kappa shape index (κ1) is 15.5. The van der Waals surface area contributed by atoms with Crippen LogP contribution in [-0.4, -0.2) is 23.3 Å². The van der Waals surface area contributed by atoms with Crippen molar-refractivity contribution in [2.45, 2.75) is 9.79 Å². The fourth-order valence-electron chi connectivity index (χ4n) is 2.17. The smallest absolute Gasteiger partial charge is 0.362 e. The number of sulfone groups is 1. The van der Waals surface area contributed by atoms with Crippen LogP contribution in [0.3, 0.4) is 0 Å². The largest absolute Gasteiger partial charge is 0.421 e. The molecule has 118 valence electrons. The second-order valence-corrected chi connectivity index (χ2v) is 7.52. The molecule has 2 N–H and O–H groups in total. The minimum atomic E-state index is -3.95. The summed E-state index contributed by atoms with van der Waals surface area (Å²) < 4.78 is 26.1. The van der Waals surface area contributed by atoms with Crippen molar-refractivity contribution in [2.75, 3.05) is 0 Å². The van der Waals surface area contributed by atoms with Crippen LogP contribution in [0, 0.1) is 0 Å². The molecule has 23 heavy (non-hydrogen) atoms. The van der Waals surface area contributed by atoms with Crippen LogP contribution in [-0.2, 0) is 9.84 Å². The van der Waals surface area contributed by atoms with Gasteiger partial charge in [0.25, 0.3) is 5.56 Å². The molecule has 7 nitrogen and oxygen atoms in total. The zero-order valence-corrected chi connectivity index (χ0v) is 13.8. The maximum Gasteiger partial charge on any atom is 0.362 e. The van der Waals surface area contributed by atoms with Crippen LogP contribution in [0.25, 0.3) is 10.9 Å². The molecule has 0 aliphatic heterocycles. The number of para-hydroxylation sites is 1. The molecule has 3 rings (SSSR count). The molecule has 0 saturated carbocycles. The van der Waals surface area contributed by atoms with Gasteiger partial charge in [0.2, 0.25) is 9.84 Å². The number of benzene rings is 2. The normalized spacial score (nSPS) is 11.7. The summed E-state index contributed by atoms with van der Waals surface area (Å²) in [6.07, 6.45) is 0. The Kier molecular flexibility index (Phi) is 3.61. The molecule has 0 unspecified atom stereocenters. The summed E-state index contributed by atoms with van der Waals surface area (Å²) in [5.41, 5.74) is -2.24.